The highest BCUT2D eigenvalue weighted by molar-refractivity contribution is 7.99. The molecule has 0 saturated carbocycles. The van der Waals surface area contributed by atoms with Gasteiger partial charge in [-0.3, -0.25) is 4.39 Å². The zero-order chi connectivity index (χ0) is 13.5. The molecule has 108 valence electrons. The first-order valence-corrected chi connectivity index (χ1v) is 8.10. The van der Waals surface area contributed by atoms with E-state index in [0.29, 0.717) is 12.3 Å². The lowest BCUT2D eigenvalue weighted by Crippen LogP contribution is -2.29. The Kier molecular flexibility index (Phi) is 6.10. The Morgan fingerprint density at radius 3 is 3.00 bits per heavy atom. The molecule has 1 aliphatic heterocycles. The quantitative estimate of drug-likeness (QED) is 0.618. The number of nitrogens with one attached hydrogen (secondary N) is 1. The largest absolute Gasteiger partial charge is 0.316 e. The van der Waals surface area contributed by atoms with Crippen molar-refractivity contribution >= 4 is 11.8 Å². The second kappa shape index (κ2) is 7.85. The molecule has 1 unspecified atom stereocenters. The lowest BCUT2D eigenvalue weighted by molar-refractivity contribution is 0.436. The second-order valence-electron chi connectivity index (χ2n) is 5.04. The zero-order valence-corrected chi connectivity index (χ0v) is 12.4. The van der Waals surface area contributed by atoms with E-state index in [1.807, 2.05) is 7.05 Å². The van der Waals surface area contributed by atoms with Crippen LogP contribution in [0.2, 0.25) is 0 Å². The van der Waals surface area contributed by atoms with Crippen molar-refractivity contribution in [1.82, 2.24) is 20.1 Å². The van der Waals surface area contributed by atoms with E-state index in [9.17, 15) is 4.39 Å². The number of aromatic nitrogens is 3. The van der Waals surface area contributed by atoms with E-state index in [1.165, 1.54) is 12.8 Å². The van der Waals surface area contributed by atoms with Gasteiger partial charge in [0.1, 0.15) is 5.82 Å². The first-order valence-electron chi connectivity index (χ1n) is 7.11. The minimum atomic E-state index is -0.201. The van der Waals surface area contributed by atoms with Crippen molar-refractivity contribution < 1.29 is 4.39 Å². The standard InChI is InChI=1S/C13H23FN4S/c1-18-12(11-6-5-8-15-10-11)16-17-13(18)19-9-4-2-3-7-14/h11,15H,2-10H2,1H3. The normalized spacial score (nSPS) is 19.8. The third-order valence-corrected chi connectivity index (χ3v) is 4.65. The molecule has 1 atom stereocenters. The molecule has 1 aliphatic rings. The van der Waals surface area contributed by atoms with E-state index in [1.54, 1.807) is 11.8 Å². The van der Waals surface area contributed by atoms with Crippen LogP contribution < -0.4 is 5.32 Å². The highest BCUT2D eigenvalue weighted by atomic mass is 32.2. The summed E-state index contributed by atoms with van der Waals surface area (Å²) in [6, 6.07) is 0. The summed E-state index contributed by atoms with van der Waals surface area (Å²) >= 11 is 1.73. The van der Waals surface area contributed by atoms with Gasteiger partial charge in [0.05, 0.1) is 6.67 Å². The van der Waals surface area contributed by atoms with E-state index >= 15 is 0 Å². The molecule has 1 fully saturated rings. The van der Waals surface area contributed by atoms with Crippen LogP contribution in [0.3, 0.4) is 0 Å². The van der Waals surface area contributed by atoms with Gasteiger partial charge in [0.2, 0.25) is 0 Å². The molecule has 1 aromatic rings. The number of alkyl halides is 1. The fourth-order valence-corrected chi connectivity index (χ4v) is 3.33. The molecule has 1 saturated heterocycles. The van der Waals surface area contributed by atoms with Gasteiger partial charge in [-0.25, -0.2) is 0 Å². The van der Waals surface area contributed by atoms with Gasteiger partial charge in [-0.2, -0.15) is 0 Å². The predicted octanol–water partition coefficient (Wildman–Crippen LogP) is 2.51. The smallest absolute Gasteiger partial charge is 0.190 e. The Bertz CT molecular complexity index is 377. The summed E-state index contributed by atoms with van der Waals surface area (Å²) < 4.78 is 14.1. The van der Waals surface area contributed by atoms with Crippen molar-refractivity contribution in [3.63, 3.8) is 0 Å². The summed E-state index contributed by atoms with van der Waals surface area (Å²) in [5.74, 6) is 2.58. The van der Waals surface area contributed by atoms with Gasteiger partial charge in [0.15, 0.2) is 5.16 Å². The molecule has 0 spiro atoms. The number of rotatable bonds is 7. The van der Waals surface area contributed by atoms with Crippen LogP contribution in [0.5, 0.6) is 0 Å². The molecular formula is C13H23FN4S. The van der Waals surface area contributed by atoms with E-state index in [4.69, 9.17) is 0 Å². The van der Waals surface area contributed by atoms with Gasteiger partial charge >= 0.3 is 0 Å². The van der Waals surface area contributed by atoms with Crippen LogP contribution in [0, 0.1) is 0 Å². The lowest BCUT2D eigenvalue weighted by Gasteiger charge is -2.21. The van der Waals surface area contributed by atoms with Crippen LogP contribution in [-0.2, 0) is 7.05 Å². The molecule has 6 heteroatoms. The molecule has 2 heterocycles. The third kappa shape index (κ3) is 4.18. The van der Waals surface area contributed by atoms with Crippen LogP contribution in [0.4, 0.5) is 4.39 Å². The van der Waals surface area contributed by atoms with E-state index in [2.05, 4.69) is 20.1 Å². The van der Waals surface area contributed by atoms with Crippen molar-refractivity contribution in [2.45, 2.75) is 43.2 Å². The molecule has 0 radical (unpaired) electrons. The van der Waals surface area contributed by atoms with Gasteiger partial charge < -0.3 is 9.88 Å². The fraction of sp³-hybridized carbons (Fsp3) is 0.846. The minimum absolute atomic E-state index is 0.201. The number of piperidine rings is 1. The molecule has 0 bridgehead atoms. The van der Waals surface area contributed by atoms with Crippen molar-refractivity contribution in [2.24, 2.45) is 7.05 Å². The molecule has 0 amide bonds. The Labute approximate surface area is 118 Å². The summed E-state index contributed by atoms with van der Waals surface area (Å²) in [6.07, 6.45) is 5.09. The number of hydrogen-bond acceptors (Lipinski definition) is 4. The maximum absolute atomic E-state index is 12.0. The summed E-state index contributed by atoms with van der Waals surface area (Å²) in [5.41, 5.74) is 0. The van der Waals surface area contributed by atoms with Gasteiger partial charge in [-0.05, 0) is 32.2 Å². The van der Waals surface area contributed by atoms with Crippen molar-refractivity contribution in [3.05, 3.63) is 5.82 Å². The number of hydrogen-bond donors (Lipinski definition) is 1. The van der Waals surface area contributed by atoms with E-state index < -0.39 is 0 Å². The van der Waals surface area contributed by atoms with Crippen LogP contribution in [0.25, 0.3) is 0 Å². The summed E-state index contributed by atoms with van der Waals surface area (Å²) in [7, 11) is 2.05. The fourth-order valence-electron chi connectivity index (χ4n) is 2.42. The predicted molar refractivity (Wildman–Crippen MR) is 76.4 cm³/mol. The minimum Gasteiger partial charge on any atom is -0.316 e. The number of unbranched alkanes of at least 4 members (excludes halogenated alkanes) is 2. The Morgan fingerprint density at radius 1 is 1.37 bits per heavy atom. The van der Waals surface area contributed by atoms with Crippen molar-refractivity contribution in [3.8, 4) is 0 Å². The molecule has 1 N–H and O–H groups in total. The lowest BCUT2D eigenvalue weighted by atomic mass is 9.99. The van der Waals surface area contributed by atoms with E-state index in [-0.39, 0.29) is 6.67 Å². The number of thioether (sulfide) groups is 1. The monoisotopic (exact) mass is 286 g/mol. The van der Waals surface area contributed by atoms with Gasteiger partial charge in [0, 0.05) is 25.3 Å². The van der Waals surface area contributed by atoms with Crippen LogP contribution >= 0.6 is 11.8 Å². The summed E-state index contributed by atoms with van der Waals surface area (Å²) in [5, 5.41) is 13.0. The first-order chi connectivity index (χ1) is 9.33. The first kappa shape index (κ1) is 14.8. The maximum atomic E-state index is 12.0. The Hall–Kier alpha value is -0.620. The van der Waals surface area contributed by atoms with Crippen LogP contribution in [0.1, 0.15) is 43.8 Å². The van der Waals surface area contributed by atoms with Crippen LogP contribution in [-0.4, -0.2) is 40.3 Å². The molecule has 2 rings (SSSR count). The Morgan fingerprint density at radius 2 is 2.26 bits per heavy atom. The average molecular weight is 286 g/mol. The summed E-state index contributed by atoms with van der Waals surface area (Å²) in [4.78, 5) is 0. The summed E-state index contributed by atoms with van der Waals surface area (Å²) in [6.45, 7) is 1.92. The van der Waals surface area contributed by atoms with E-state index in [0.717, 1.165) is 42.7 Å². The zero-order valence-electron chi connectivity index (χ0n) is 11.6. The topological polar surface area (TPSA) is 42.7 Å². The van der Waals surface area contributed by atoms with Gasteiger partial charge in [-0.1, -0.05) is 18.2 Å². The molecule has 1 aromatic heterocycles. The SMILES string of the molecule is Cn1c(SCCCCCF)nnc1C1CCCNC1. The second-order valence-corrected chi connectivity index (χ2v) is 6.10. The average Bonchev–Trinajstić information content (AvgIpc) is 2.81. The van der Waals surface area contributed by atoms with Crippen LogP contribution in [0.15, 0.2) is 5.16 Å². The molecule has 19 heavy (non-hydrogen) atoms. The van der Waals surface area contributed by atoms with Crippen molar-refractivity contribution in [1.29, 1.82) is 0 Å². The number of nitrogens with zero attached hydrogens (tertiary/aromatic N) is 3. The van der Waals surface area contributed by atoms with Gasteiger partial charge in [-0.15, -0.1) is 10.2 Å². The van der Waals surface area contributed by atoms with Crippen molar-refractivity contribution in [2.75, 3.05) is 25.5 Å². The van der Waals surface area contributed by atoms with Gasteiger partial charge in [0.25, 0.3) is 0 Å². The number of halogens is 1. The highest BCUT2D eigenvalue weighted by Gasteiger charge is 2.21. The Balaban J connectivity index is 1.83. The molecule has 4 nitrogen and oxygen atoms in total. The maximum Gasteiger partial charge on any atom is 0.190 e. The third-order valence-electron chi connectivity index (χ3n) is 3.54. The molecule has 0 aliphatic carbocycles. The molecular weight excluding hydrogens is 263 g/mol. The molecule has 0 aromatic carbocycles. The highest BCUT2D eigenvalue weighted by Crippen LogP contribution is 2.25.